The van der Waals surface area contributed by atoms with Crippen molar-refractivity contribution in [2.45, 2.75) is 88.6 Å². The summed E-state index contributed by atoms with van der Waals surface area (Å²) >= 11 is 0. The van der Waals surface area contributed by atoms with Crippen molar-refractivity contribution in [3.05, 3.63) is 35.4 Å². The number of benzene rings is 1. The predicted molar refractivity (Wildman–Crippen MR) is 125 cm³/mol. The van der Waals surface area contributed by atoms with Crippen LogP contribution in [0.15, 0.2) is 24.3 Å². The maximum absolute atomic E-state index is 12.4. The number of rotatable bonds is 3. The number of fused-ring (bicyclic) bond motifs is 1. The lowest BCUT2D eigenvalue weighted by atomic mass is 9.35. The minimum atomic E-state index is -1.29. The summed E-state index contributed by atoms with van der Waals surface area (Å²) in [7, 11) is 0. The first-order chi connectivity index (χ1) is 15.5. The van der Waals surface area contributed by atoms with E-state index in [0.717, 1.165) is 43.8 Å². The maximum atomic E-state index is 12.4. The molecule has 33 heavy (non-hydrogen) atoms. The molecule has 3 N–H and O–H groups in total. The molecule has 2 saturated carbocycles. The fourth-order valence-electron chi connectivity index (χ4n) is 8.65. The van der Waals surface area contributed by atoms with E-state index in [1.54, 1.807) is 6.07 Å². The van der Waals surface area contributed by atoms with Crippen molar-refractivity contribution in [1.29, 1.82) is 0 Å². The molecule has 178 valence electrons. The second-order valence-electron chi connectivity index (χ2n) is 13.2. The third-order valence-corrected chi connectivity index (χ3v) is 11.0. The van der Waals surface area contributed by atoms with Gasteiger partial charge in [0.05, 0.1) is 11.0 Å². The zero-order chi connectivity index (χ0) is 23.2. The van der Waals surface area contributed by atoms with Gasteiger partial charge in [-0.05, 0) is 68.5 Å². The third kappa shape index (κ3) is 2.17. The van der Waals surface area contributed by atoms with Gasteiger partial charge in [0.25, 0.3) is 0 Å². The van der Waals surface area contributed by atoms with Crippen LogP contribution in [0.25, 0.3) is 0 Å². The summed E-state index contributed by atoms with van der Waals surface area (Å²) in [6, 6.07) is 4.17. The van der Waals surface area contributed by atoms with E-state index in [-0.39, 0.29) is 22.5 Å². The number of hydrogen-bond acceptors (Lipinski definition) is 5. The third-order valence-electron chi connectivity index (χ3n) is 11.0. The molecule has 7 aliphatic rings. The van der Waals surface area contributed by atoms with Crippen LogP contribution in [-0.4, -0.2) is 56.7 Å². The largest absolute Gasteiger partial charge is 0.504 e. The van der Waals surface area contributed by atoms with Crippen LogP contribution >= 0.6 is 0 Å². The van der Waals surface area contributed by atoms with Crippen molar-refractivity contribution < 1.29 is 20.1 Å². The summed E-state index contributed by atoms with van der Waals surface area (Å²) in [4.78, 5) is 2.72. The minimum Gasteiger partial charge on any atom is -0.504 e. The average molecular weight is 452 g/mol. The van der Waals surface area contributed by atoms with Gasteiger partial charge in [0, 0.05) is 29.5 Å². The van der Waals surface area contributed by atoms with Gasteiger partial charge < -0.3 is 20.1 Å². The topological polar surface area (TPSA) is 73.2 Å². The molecule has 2 aliphatic heterocycles. The number of aromatic hydroxyl groups is 1. The van der Waals surface area contributed by atoms with Crippen LogP contribution in [0.1, 0.15) is 64.5 Å². The normalized spacial score (nSPS) is 44.4. The highest BCUT2D eigenvalue weighted by Gasteiger charge is 2.80. The molecular formula is C28H37NO4. The van der Waals surface area contributed by atoms with Crippen LogP contribution in [0.2, 0.25) is 0 Å². The zero-order valence-electron chi connectivity index (χ0n) is 20.3. The Morgan fingerprint density at radius 3 is 2.61 bits per heavy atom. The fraction of sp³-hybridized carbons (Fsp3) is 0.714. The second kappa shape index (κ2) is 5.80. The quantitative estimate of drug-likeness (QED) is 0.613. The highest BCUT2D eigenvalue weighted by Crippen LogP contribution is 2.75. The number of phenols is 1. The van der Waals surface area contributed by atoms with Crippen LogP contribution in [0, 0.1) is 22.7 Å². The number of ether oxygens (including phenoxy) is 1. The van der Waals surface area contributed by atoms with Gasteiger partial charge in [-0.2, -0.15) is 0 Å². The lowest BCUT2D eigenvalue weighted by Gasteiger charge is -2.72. The Balaban J connectivity index is 1.48. The van der Waals surface area contributed by atoms with Crippen molar-refractivity contribution in [2.24, 2.45) is 22.7 Å². The van der Waals surface area contributed by atoms with E-state index in [2.05, 4.69) is 37.8 Å². The van der Waals surface area contributed by atoms with Crippen molar-refractivity contribution in [1.82, 2.24) is 4.90 Å². The van der Waals surface area contributed by atoms with Gasteiger partial charge >= 0.3 is 0 Å². The van der Waals surface area contributed by atoms with Crippen molar-refractivity contribution in [3.63, 3.8) is 0 Å². The van der Waals surface area contributed by atoms with Gasteiger partial charge in [-0.1, -0.05) is 39.0 Å². The summed E-state index contributed by atoms with van der Waals surface area (Å²) in [5, 5.41) is 35.2. The molecule has 1 aromatic carbocycles. The van der Waals surface area contributed by atoms with Gasteiger partial charge in [0.15, 0.2) is 11.5 Å². The lowest BCUT2D eigenvalue weighted by Crippen LogP contribution is -2.81. The Morgan fingerprint density at radius 2 is 1.91 bits per heavy atom. The molecule has 3 fully saturated rings. The number of aliphatic hydroxyl groups is 2. The van der Waals surface area contributed by atoms with Crippen molar-refractivity contribution in [2.75, 3.05) is 13.1 Å². The maximum Gasteiger partial charge on any atom is 0.165 e. The summed E-state index contributed by atoms with van der Waals surface area (Å²) in [5.41, 5.74) is -0.941. The van der Waals surface area contributed by atoms with Crippen molar-refractivity contribution in [3.8, 4) is 11.5 Å². The molecule has 0 amide bonds. The first kappa shape index (κ1) is 20.8. The first-order valence-electron chi connectivity index (χ1n) is 12.9. The van der Waals surface area contributed by atoms with E-state index in [4.69, 9.17) is 4.74 Å². The molecule has 7 atom stereocenters. The molecular weight excluding hydrogens is 414 g/mol. The number of hydrogen-bond donors (Lipinski definition) is 3. The molecule has 5 aliphatic carbocycles. The lowest BCUT2D eigenvalue weighted by molar-refractivity contribution is -0.255. The molecule has 1 unspecified atom stereocenters. The van der Waals surface area contributed by atoms with Crippen molar-refractivity contribution >= 4 is 0 Å². The fourth-order valence-corrected chi connectivity index (χ4v) is 8.65. The Morgan fingerprint density at radius 1 is 1.15 bits per heavy atom. The molecule has 0 radical (unpaired) electrons. The standard InChI is InChI=1S/C28H37NO4/c1-24(2,3)25(4,31)19-14-26-9-10-28(19,32)23-27(26)11-12-29(15-16-5-6-16)20(26)13-17-7-8-18(30)22(33-23)21(17)27/h7-10,16,19-20,23,30-32H,5-6,11-15H2,1-4H3/t19-,20-,23-,25?,26-,27+,28-/m1/s1. The van der Waals surface area contributed by atoms with Crippen LogP contribution < -0.4 is 4.74 Å². The van der Waals surface area contributed by atoms with Gasteiger partial charge in [-0.3, -0.25) is 4.90 Å². The van der Waals surface area contributed by atoms with Gasteiger partial charge in [-0.15, -0.1) is 0 Å². The number of phenolic OH excluding ortho intramolecular Hbond substituents is 1. The Bertz CT molecular complexity index is 1080. The highest BCUT2D eigenvalue weighted by molar-refractivity contribution is 5.65. The summed E-state index contributed by atoms with van der Waals surface area (Å²) in [5.74, 6) is 1.21. The van der Waals surface area contributed by atoms with E-state index < -0.39 is 22.7 Å². The molecule has 8 rings (SSSR count). The average Bonchev–Trinajstić information content (AvgIpc) is 3.48. The number of piperidine rings is 1. The predicted octanol–water partition coefficient (Wildman–Crippen LogP) is 3.54. The van der Waals surface area contributed by atoms with E-state index in [9.17, 15) is 15.3 Å². The highest BCUT2D eigenvalue weighted by atomic mass is 16.5. The molecule has 2 spiro atoms. The number of nitrogens with zero attached hydrogens (tertiary/aromatic N) is 1. The minimum absolute atomic E-state index is 0.175. The second-order valence-corrected chi connectivity index (χ2v) is 13.2. The van der Waals surface area contributed by atoms with E-state index in [0.29, 0.717) is 11.8 Å². The Kier molecular flexibility index (Phi) is 3.65. The smallest absolute Gasteiger partial charge is 0.165 e. The molecule has 5 nitrogen and oxygen atoms in total. The van der Waals surface area contributed by atoms with Crippen LogP contribution in [-0.2, 0) is 11.8 Å². The number of likely N-dealkylation sites (tertiary alicyclic amines) is 1. The van der Waals surface area contributed by atoms with E-state index >= 15 is 0 Å². The zero-order valence-corrected chi connectivity index (χ0v) is 20.3. The molecule has 0 aromatic heterocycles. The molecule has 1 saturated heterocycles. The van der Waals surface area contributed by atoms with E-state index in [1.807, 2.05) is 13.0 Å². The summed E-state index contributed by atoms with van der Waals surface area (Å²) < 4.78 is 6.63. The van der Waals surface area contributed by atoms with Crippen LogP contribution in [0.5, 0.6) is 11.5 Å². The Hall–Kier alpha value is -1.56. The molecule has 5 heteroatoms. The molecule has 1 aromatic rings. The van der Waals surface area contributed by atoms with Gasteiger partial charge in [-0.25, -0.2) is 0 Å². The Labute approximate surface area is 196 Å². The monoisotopic (exact) mass is 451 g/mol. The SMILES string of the molecule is CC(C)(C)C(C)(O)[C@H]1C[C@@]23C=C[C@]1(O)[C@@H]1Oc4c(O)ccc5c4[C@@]12CCN(CC1CC1)[C@@H]3C5. The summed E-state index contributed by atoms with van der Waals surface area (Å²) in [6.07, 6.45) is 9.05. The first-order valence-corrected chi connectivity index (χ1v) is 12.9. The molecule has 4 bridgehead atoms. The van der Waals surface area contributed by atoms with Gasteiger partial charge in [0.2, 0.25) is 0 Å². The van der Waals surface area contributed by atoms with Crippen LogP contribution in [0.3, 0.4) is 0 Å². The van der Waals surface area contributed by atoms with Crippen LogP contribution in [0.4, 0.5) is 0 Å². The summed E-state index contributed by atoms with van der Waals surface area (Å²) in [6.45, 7) is 10.2. The van der Waals surface area contributed by atoms with Gasteiger partial charge in [0.1, 0.15) is 11.7 Å². The molecule has 2 heterocycles. The van der Waals surface area contributed by atoms with E-state index in [1.165, 1.54) is 18.4 Å².